The van der Waals surface area contributed by atoms with Crippen LogP contribution in [0.2, 0.25) is 0 Å². The number of hydrogen-bond acceptors (Lipinski definition) is 2. The van der Waals surface area contributed by atoms with Crippen LogP contribution in [-0.2, 0) is 0 Å². The van der Waals surface area contributed by atoms with Gasteiger partial charge in [0.05, 0.1) is 6.10 Å². The van der Waals surface area contributed by atoms with E-state index in [1.54, 1.807) is 6.20 Å². The van der Waals surface area contributed by atoms with Gasteiger partial charge < -0.3 is 5.11 Å². The Morgan fingerprint density at radius 3 is 2.62 bits per heavy atom. The molecule has 1 aromatic heterocycles. The van der Waals surface area contributed by atoms with Gasteiger partial charge in [0.1, 0.15) is 0 Å². The van der Waals surface area contributed by atoms with Crippen molar-refractivity contribution < 1.29 is 5.11 Å². The highest BCUT2D eigenvalue weighted by atomic mass is 16.3. The highest BCUT2D eigenvalue weighted by Crippen LogP contribution is 2.72. The van der Waals surface area contributed by atoms with Gasteiger partial charge in [-0.2, -0.15) is 0 Å². The van der Waals surface area contributed by atoms with Crippen LogP contribution in [-0.4, -0.2) is 10.1 Å². The molecule has 1 aromatic rings. The van der Waals surface area contributed by atoms with Gasteiger partial charge in [0.25, 0.3) is 0 Å². The van der Waals surface area contributed by atoms with Gasteiger partial charge in [-0.1, -0.05) is 6.07 Å². The van der Waals surface area contributed by atoms with E-state index in [1.165, 1.54) is 19.3 Å². The van der Waals surface area contributed by atoms with Crippen LogP contribution >= 0.6 is 0 Å². The second kappa shape index (κ2) is 3.07. The topological polar surface area (TPSA) is 33.1 Å². The van der Waals surface area contributed by atoms with E-state index in [4.69, 9.17) is 0 Å². The first-order valence-electron chi connectivity index (χ1n) is 6.44. The zero-order valence-electron chi connectivity index (χ0n) is 9.29. The molecule has 16 heavy (non-hydrogen) atoms. The van der Waals surface area contributed by atoms with E-state index in [9.17, 15) is 5.11 Å². The van der Waals surface area contributed by atoms with E-state index in [1.807, 2.05) is 18.3 Å². The van der Waals surface area contributed by atoms with Gasteiger partial charge in [-0.25, -0.2) is 0 Å². The van der Waals surface area contributed by atoms with E-state index in [0.717, 1.165) is 29.2 Å². The number of hydrogen-bond donors (Lipinski definition) is 1. The van der Waals surface area contributed by atoms with Crippen molar-refractivity contribution in [2.45, 2.75) is 25.4 Å². The number of aromatic nitrogens is 1. The van der Waals surface area contributed by atoms with E-state index < -0.39 is 0 Å². The maximum Gasteiger partial charge on any atom is 0.0838 e. The van der Waals surface area contributed by atoms with Crippen molar-refractivity contribution in [2.24, 2.45) is 29.6 Å². The van der Waals surface area contributed by atoms with Gasteiger partial charge in [0, 0.05) is 12.4 Å². The molecule has 0 saturated heterocycles. The Kier molecular flexibility index (Phi) is 1.76. The fraction of sp³-hybridized carbons (Fsp3) is 0.643. The van der Waals surface area contributed by atoms with Crippen LogP contribution in [0.4, 0.5) is 0 Å². The second-order valence-corrected chi connectivity index (χ2v) is 5.80. The van der Waals surface area contributed by atoms with Crippen LogP contribution in [0.3, 0.4) is 0 Å². The Bertz CT molecular complexity index is 388. The Labute approximate surface area is 95.7 Å². The van der Waals surface area contributed by atoms with Gasteiger partial charge >= 0.3 is 0 Å². The minimum absolute atomic E-state index is 0.257. The van der Waals surface area contributed by atoms with E-state index in [2.05, 4.69) is 4.98 Å². The van der Waals surface area contributed by atoms with Gasteiger partial charge in [0.15, 0.2) is 0 Å². The monoisotopic (exact) mass is 215 g/mol. The second-order valence-electron chi connectivity index (χ2n) is 5.80. The molecule has 4 rings (SSSR count). The summed E-state index contributed by atoms with van der Waals surface area (Å²) in [6.07, 6.45) is 7.62. The smallest absolute Gasteiger partial charge is 0.0838 e. The van der Waals surface area contributed by atoms with Crippen LogP contribution in [0.1, 0.15) is 30.9 Å². The normalized spacial score (nSPS) is 45.4. The highest BCUT2D eigenvalue weighted by Gasteiger charge is 2.66. The summed E-state index contributed by atoms with van der Waals surface area (Å²) in [6.45, 7) is 0. The number of fused-ring (bicyclic) bond motifs is 5. The SMILES string of the molecule is OC(c1cccnc1)C1C2C3CCC(C3)C21. The summed E-state index contributed by atoms with van der Waals surface area (Å²) < 4.78 is 0. The zero-order chi connectivity index (χ0) is 10.7. The lowest BCUT2D eigenvalue weighted by molar-refractivity contribution is 0.129. The van der Waals surface area contributed by atoms with E-state index >= 15 is 0 Å². The Balaban J connectivity index is 1.57. The molecule has 3 fully saturated rings. The summed E-state index contributed by atoms with van der Waals surface area (Å²) in [5, 5.41) is 10.4. The molecule has 1 N–H and O–H groups in total. The molecule has 3 aliphatic rings. The molecule has 0 aliphatic heterocycles. The number of aliphatic hydroxyl groups excluding tert-OH is 1. The average Bonchev–Trinajstić information content (AvgIpc) is 2.77. The Morgan fingerprint density at radius 2 is 2.00 bits per heavy atom. The largest absolute Gasteiger partial charge is 0.388 e. The maximum atomic E-state index is 10.4. The van der Waals surface area contributed by atoms with Gasteiger partial charge in [-0.3, -0.25) is 4.98 Å². The van der Waals surface area contributed by atoms with E-state index in [0.29, 0.717) is 5.92 Å². The molecule has 2 nitrogen and oxygen atoms in total. The lowest BCUT2D eigenvalue weighted by atomic mass is 9.96. The molecule has 1 heterocycles. The fourth-order valence-corrected chi connectivity index (χ4v) is 4.59. The molecule has 0 amide bonds. The maximum absolute atomic E-state index is 10.4. The van der Waals surface area contributed by atoms with Crippen molar-refractivity contribution in [1.82, 2.24) is 4.98 Å². The highest BCUT2D eigenvalue weighted by molar-refractivity contribution is 5.22. The molecule has 5 atom stereocenters. The minimum atomic E-state index is -0.257. The molecular formula is C14H17NO. The van der Waals surface area contributed by atoms with Crippen LogP contribution in [0.15, 0.2) is 24.5 Å². The van der Waals surface area contributed by atoms with Crippen LogP contribution in [0.25, 0.3) is 0 Å². The first-order chi connectivity index (χ1) is 7.86. The van der Waals surface area contributed by atoms with Crippen molar-refractivity contribution in [1.29, 1.82) is 0 Å². The summed E-state index contributed by atoms with van der Waals surface area (Å²) in [7, 11) is 0. The molecule has 5 unspecified atom stereocenters. The van der Waals surface area contributed by atoms with Crippen molar-refractivity contribution in [3.63, 3.8) is 0 Å². The lowest BCUT2D eigenvalue weighted by Crippen LogP contribution is -2.08. The fourth-order valence-electron chi connectivity index (χ4n) is 4.59. The third kappa shape index (κ3) is 1.08. The third-order valence-electron chi connectivity index (χ3n) is 5.19. The molecule has 84 valence electrons. The van der Waals surface area contributed by atoms with Gasteiger partial charge in [0.2, 0.25) is 0 Å². The van der Waals surface area contributed by atoms with Crippen molar-refractivity contribution in [2.75, 3.05) is 0 Å². The number of pyridine rings is 1. The Morgan fingerprint density at radius 1 is 1.25 bits per heavy atom. The average molecular weight is 215 g/mol. The van der Waals surface area contributed by atoms with Gasteiger partial charge in [-0.05, 0) is 60.5 Å². The molecule has 0 spiro atoms. The summed E-state index contributed by atoms with van der Waals surface area (Å²) in [5.74, 6) is 4.11. The number of nitrogens with zero attached hydrogens (tertiary/aromatic N) is 1. The quantitative estimate of drug-likeness (QED) is 0.821. The summed E-state index contributed by atoms with van der Waals surface area (Å²) in [4.78, 5) is 4.10. The Hall–Kier alpha value is -0.890. The molecule has 2 heteroatoms. The number of aliphatic hydroxyl groups is 1. The van der Waals surface area contributed by atoms with Crippen molar-refractivity contribution in [3.05, 3.63) is 30.1 Å². The summed E-state index contributed by atoms with van der Waals surface area (Å²) in [6, 6.07) is 3.93. The lowest BCUT2D eigenvalue weighted by Gasteiger charge is -2.14. The summed E-state index contributed by atoms with van der Waals surface area (Å²) in [5.41, 5.74) is 1.02. The molecule has 3 aliphatic carbocycles. The summed E-state index contributed by atoms with van der Waals surface area (Å²) >= 11 is 0. The zero-order valence-corrected chi connectivity index (χ0v) is 9.29. The standard InChI is InChI=1S/C14H17NO/c16-14(10-2-1-5-15-7-10)13-11-8-3-4-9(6-8)12(11)13/h1-2,5,7-9,11-14,16H,3-4,6H2. The third-order valence-corrected chi connectivity index (χ3v) is 5.19. The van der Waals surface area contributed by atoms with E-state index in [-0.39, 0.29) is 6.10 Å². The molecule has 3 saturated carbocycles. The first kappa shape index (κ1) is 9.17. The predicted octanol–water partition coefficient (Wildman–Crippen LogP) is 2.41. The number of rotatable bonds is 2. The molecule has 2 bridgehead atoms. The van der Waals surface area contributed by atoms with Gasteiger partial charge in [-0.15, -0.1) is 0 Å². The van der Waals surface area contributed by atoms with Crippen molar-refractivity contribution >= 4 is 0 Å². The van der Waals surface area contributed by atoms with Crippen molar-refractivity contribution in [3.8, 4) is 0 Å². The predicted molar refractivity (Wildman–Crippen MR) is 60.5 cm³/mol. The first-order valence-corrected chi connectivity index (χ1v) is 6.44. The van der Waals surface area contributed by atoms with Crippen LogP contribution in [0.5, 0.6) is 0 Å². The molecule has 0 aromatic carbocycles. The van der Waals surface area contributed by atoms with Crippen LogP contribution < -0.4 is 0 Å². The molecular weight excluding hydrogens is 198 g/mol. The minimum Gasteiger partial charge on any atom is -0.388 e. The molecule has 0 radical (unpaired) electrons. The van der Waals surface area contributed by atoms with Crippen LogP contribution in [0, 0.1) is 29.6 Å².